The van der Waals surface area contributed by atoms with Gasteiger partial charge in [0.15, 0.2) is 5.13 Å². The van der Waals surface area contributed by atoms with Crippen LogP contribution in [0.4, 0.5) is 5.13 Å². The molecule has 1 N–H and O–H groups in total. The summed E-state index contributed by atoms with van der Waals surface area (Å²) in [6.45, 7) is 0. The number of aromatic nitrogens is 5. The zero-order chi connectivity index (χ0) is 15.7. The number of carbonyl (C=O) groups excluding carboxylic acids is 1. The lowest BCUT2D eigenvalue weighted by atomic mass is 9.81. The maximum atomic E-state index is 13.0. The molecule has 4 rings (SSSR count). The first-order valence-corrected chi connectivity index (χ1v) is 9.13. The van der Waals surface area contributed by atoms with Gasteiger partial charge in [-0.05, 0) is 49.0 Å². The molecule has 2 aromatic rings. The van der Waals surface area contributed by atoms with Crippen LogP contribution in [0.25, 0.3) is 0 Å². The summed E-state index contributed by atoms with van der Waals surface area (Å²) in [4.78, 5) is 19.0. The third-order valence-electron chi connectivity index (χ3n) is 4.96. The van der Waals surface area contributed by atoms with E-state index in [2.05, 4.69) is 25.8 Å². The van der Waals surface area contributed by atoms with E-state index in [1.807, 2.05) is 0 Å². The first kappa shape index (κ1) is 14.7. The highest BCUT2D eigenvalue weighted by atomic mass is 32.1. The second-order valence-corrected chi connectivity index (χ2v) is 7.48. The zero-order valence-electron chi connectivity index (χ0n) is 13.0. The van der Waals surface area contributed by atoms with E-state index in [0.29, 0.717) is 0 Å². The van der Waals surface area contributed by atoms with Crippen molar-refractivity contribution in [3.63, 3.8) is 0 Å². The van der Waals surface area contributed by atoms with Crippen molar-refractivity contribution in [1.82, 2.24) is 25.2 Å². The van der Waals surface area contributed by atoms with Gasteiger partial charge >= 0.3 is 0 Å². The lowest BCUT2D eigenvalue weighted by Crippen LogP contribution is -2.47. The molecule has 2 heterocycles. The number of fused-ring (bicyclic) bond motifs is 1. The summed E-state index contributed by atoms with van der Waals surface area (Å²) in [5.74, 6) is -0.0319. The Labute approximate surface area is 138 Å². The molecule has 0 unspecified atom stereocenters. The van der Waals surface area contributed by atoms with Crippen molar-refractivity contribution in [3.05, 3.63) is 16.9 Å². The first-order valence-electron chi connectivity index (χ1n) is 8.31. The van der Waals surface area contributed by atoms with Crippen LogP contribution in [-0.4, -0.2) is 31.1 Å². The predicted molar refractivity (Wildman–Crippen MR) is 86.3 cm³/mol. The average molecular weight is 332 g/mol. The summed E-state index contributed by atoms with van der Waals surface area (Å²) >= 11 is 1.62. The second-order valence-electron chi connectivity index (χ2n) is 6.40. The number of thiazole rings is 1. The zero-order valence-corrected chi connectivity index (χ0v) is 13.8. The van der Waals surface area contributed by atoms with Crippen LogP contribution in [0.5, 0.6) is 0 Å². The highest BCUT2D eigenvalue weighted by Crippen LogP contribution is 2.36. The maximum Gasteiger partial charge on any atom is 0.254 e. The van der Waals surface area contributed by atoms with Crippen LogP contribution in [0.15, 0.2) is 6.33 Å². The third-order valence-corrected chi connectivity index (χ3v) is 6.03. The van der Waals surface area contributed by atoms with Crippen LogP contribution in [0, 0.1) is 0 Å². The van der Waals surface area contributed by atoms with Gasteiger partial charge in [0.1, 0.15) is 11.9 Å². The van der Waals surface area contributed by atoms with Crippen LogP contribution in [0.2, 0.25) is 0 Å². The van der Waals surface area contributed by atoms with E-state index in [4.69, 9.17) is 0 Å². The molecule has 0 radical (unpaired) electrons. The van der Waals surface area contributed by atoms with Crippen LogP contribution in [0.3, 0.4) is 0 Å². The van der Waals surface area contributed by atoms with Crippen molar-refractivity contribution in [2.45, 2.75) is 63.3 Å². The summed E-state index contributed by atoms with van der Waals surface area (Å²) in [6.07, 6.45) is 10.8. The van der Waals surface area contributed by atoms with Gasteiger partial charge in [-0.15, -0.1) is 16.4 Å². The van der Waals surface area contributed by atoms with E-state index in [1.54, 1.807) is 22.3 Å². The molecule has 2 aliphatic rings. The monoisotopic (exact) mass is 332 g/mol. The number of nitrogens with one attached hydrogen (secondary N) is 1. The molecule has 23 heavy (non-hydrogen) atoms. The Bertz CT molecular complexity index is 665. The van der Waals surface area contributed by atoms with Crippen LogP contribution in [-0.2, 0) is 23.2 Å². The van der Waals surface area contributed by atoms with Gasteiger partial charge in [-0.2, -0.15) is 0 Å². The van der Waals surface area contributed by atoms with E-state index in [9.17, 15) is 4.79 Å². The number of hydrogen-bond acceptors (Lipinski definition) is 6. The van der Waals surface area contributed by atoms with Crippen molar-refractivity contribution >= 4 is 22.4 Å². The highest BCUT2D eigenvalue weighted by Gasteiger charge is 2.43. The summed E-state index contributed by atoms with van der Waals surface area (Å²) in [6, 6.07) is 0. The standard InChI is InChI=1S/C15H20N6OS/c22-13(18-14-17-11-6-2-3-7-12(11)23-14)15(8-4-1-5-9-15)21-10-16-19-20-21/h10H,1-9H2,(H,17,18,22). The molecular formula is C15H20N6OS. The molecule has 8 heteroatoms. The van der Waals surface area contributed by atoms with E-state index in [0.717, 1.165) is 55.8 Å². The van der Waals surface area contributed by atoms with Gasteiger partial charge in [0, 0.05) is 4.88 Å². The number of nitrogens with zero attached hydrogens (tertiary/aromatic N) is 5. The minimum absolute atomic E-state index is 0.0319. The minimum Gasteiger partial charge on any atom is -0.300 e. The Hall–Kier alpha value is -1.83. The lowest BCUT2D eigenvalue weighted by Gasteiger charge is -2.34. The van der Waals surface area contributed by atoms with Crippen LogP contribution < -0.4 is 5.32 Å². The van der Waals surface area contributed by atoms with Gasteiger partial charge in [-0.1, -0.05) is 19.3 Å². The number of carbonyl (C=O) groups is 1. The van der Waals surface area contributed by atoms with Gasteiger partial charge in [-0.25, -0.2) is 9.67 Å². The van der Waals surface area contributed by atoms with Crippen LogP contribution in [0.1, 0.15) is 55.5 Å². The molecule has 0 atom stereocenters. The van der Waals surface area contributed by atoms with Gasteiger partial charge in [0.05, 0.1) is 5.69 Å². The van der Waals surface area contributed by atoms with Crippen LogP contribution >= 0.6 is 11.3 Å². The fourth-order valence-corrected chi connectivity index (χ4v) is 4.72. The average Bonchev–Trinajstić information content (AvgIpc) is 3.24. The van der Waals surface area contributed by atoms with Gasteiger partial charge in [0.2, 0.25) is 0 Å². The van der Waals surface area contributed by atoms with Crippen molar-refractivity contribution in [2.24, 2.45) is 0 Å². The molecule has 2 aromatic heterocycles. The minimum atomic E-state index is -0.673. The van der Waals surface area contributed by atoms with Gasteiger partial charge in [0.25, 0.3) is 5.91 Å². The van der Waals surface area contributed by atoms with E-state index < -0.39 is 5.54 Å². The predicted octanol–water partition coefficient (Wildman–Crippen LogP) is 2.31. The molecule has 0 aliphatic heterocycles. The van der Waals surface area contributed by atoms with Crippen molar-refractivity contribution in [1.29, 1.82) is 0 Å². The van der Waals surface area contributed by atoms with E-state index in [1.165, 1.54) is 17.7 Å². The Morgan fingerprint density at radius 2 is 2.00 bits per heavy atom. The SMILES string of the molecule is O=C(Nc1nc2c(s1)CCCC2)C1(n2cnnn2)CCCCC1. The number of rotatable bonds is 3. The summed E-state index contributed by atoms with van der Waals surface area (Å²) in [5.41, 5.74) is 0.491. The van der Waals surface area contributed by atoms with Gasteiger partial charge in [-0.3, -0.25) is 10.1 Å². The van der Waals surface area contributed by atoms with Crippen molar-refractivity contribution in [3.8, 4) is 0 Å². The first-order chi connectivity index (χ1) is 11.3. The molecule has 0 aromatic carbocycles. The van der Waals surface area contributed by atoms with Crippen molar-refractivity contribution in [2.75, 3.05) is 5.32 Å². The van der Waals surface area contributed by atoms with Gasteiger partial charge < -0.3 is 0 Å². The quantitative estimate of drug-likeness (QED) is 0.932. The molecule has 7 nitrogen and oxygen atoms in total. The molecule has 0 saturated heterocycles. The number of hydrogen-bond donors (Lipinski definition) is 1. The molecular weight excluding hydrogens is 312 g/mol. The Morgan fingerprint density at radius 3 is 2.74 bits per heavy atom. The Morgan fingerprint density at radius 1 is 1.17 bits per heavy atom. The summed E-state index contributed by atoms with van der Waals surface area (Å²) in [5, 5.41) is 15.2. The van der Waals surface area contributed by atoms with Crippen molar-refractivity contribution < 1.29 is 4.79 Å². The molecule has 1 amide bonds. The number of tetrazole rings is 1. The normalized spacial score (nSPS) is 20.0. The maximum absolute atomic E-state index is 13.0. The fourth-order valence-electron chi connectivity index (χ4n) is 3.67. The Kier molecular flexibility index (Phi) is 3.84. The third kappa shape index (κ3) is 2.65. The molecule has 2 aliphatic carbocycles. The molecule has 0 bridgehead atoms. The molecule has 1 fully saturated rings. The number of anilines is 1. The largest absolute Gasteiger partial charge is 0.300 e. The summed E-state index contributed by atoms with van der Waals surface area (Å²) in [7, 11) is 0. The highest BCUT2D eigenvalue weighted by molar-refractivity contribution is 7.15. The Balaban J connectivity index is 1.59. The number of aryl methyl sites for hydroxylation is 2. The summed E-state index contributed by atoms with van der Waals surface area (Å²) < 4.78 is 1.63. The molecule has 1 saturated carbocycles. The number of amides is 1. The smallest absolute Gasteiger partial charge is 0.254 e. The topological polar surface area (TPSA) is 85.6 Å². The molecule has 122 valence electrons. The second kappa shape index (κ2) is 5.99. The lowest BCUT2D eigenvalue weighted by molar-refractivity contribution is -0.126. The molecule has 0 spiro atoms. The fraction of sp³-hybridized carbons (Fsp3) is 0.667. The van der Waals surface area contributed by atoms with E-state index >= 15 is 0 Å². The van der Waals surface area contributed by atoms with E-state index in [-0.39, 0.29) is 5.91 Å².